The third kappa shape index (κ3) is 2.57. The van der Waals surface area contributed by atoms with Gasteiger partial charge in [0.1, 0.15) is 17.1 Å². The van der Waals surface area contributed by atoms with Crippen LogP contribution >= 0.6 is 0 Å². The first-order valence-corrected chi connectivity index (χ1v) is 8.09. The molecule has 0 saturated heterocycles. The van der Waals surface area contributed by atoms with Gasteiger partial charge in [0, 0.05) is 26.4 Å². The molecule has 0 amide bonds. The number of phenols is 1. The Labute approximate surface area is 144 Å². The molecule has 2 aromatic carbocycles. The van der Waals surface area contributed by atoms with E-state index in [2.05, 4.69) is 0 Å². The average molecular weight is 338 g/mol. The summed E-state index contributed by atoms with van der Waals surface area (Å²) in [6.45, 7) is 1.85. The number of aromatic hydroxyl groups is 1. The maximum Gasteiger partial charge on any atom is 0.343 e. The third-order valence-electron chi connectivity index (χ3n) is 4.77. The van der Waals surface area contributed by atoms with Crippen LogP contribution in [0.2, 0.25) is 0 Å². The Morgan fingerprint density at radius 3 is 2.60 bits per heavy atom. The summed E-state index contributed by atoms with van der Waals surface area (Å²) in [5, 5.41) is 10.3. The van der Waals surface area contributed by atoms with Gasteiger partial charge in [-0.1, -0.05) is 24.3 Å². The molecule has 2 atom stereocenters. The lowest BCUT2D eigenvalue weighted by Gasteiger charge is -2.38. The highest BCUT2D eigenvalue weighted by Crippen LogP contribution is 2.46. The van der Waals surface area contributed by atoms with Crippen LogP contribution in [0.1, 0.15) is 30.4 Å². The zero-order valence-corrected chi connectivity index (χ0v) is 14.0. The molecule has 5 heteroatoms. The average Bonchev–Trinajstić information content (AvgIpc) is 2.62. The van der Waals surface area contributed by atoms with Gasteiger partial charge in [-0.25, -0.2) is 4.79 Å². The van der Waals surface area contributed by atoms with Crippen LogP contribution in [0, 0.1) is 0 Å². The summed E-state index contributed by atoms with van der Waals surface area (Å²) in [5.41, 5.74) is 1.45. The predicted octanol–water partition coefficient (Wildman–Crippen LogP) is 3.78. The van der Waals surface area contributed by atoms with E-state index in [-0.39, 0.29) is 11.7 Å². The lowest BCUT2D eigenvalue weighted by atomic mass is 9.83. The SMILES string of the molecule is COC1(C)C[C@@H](c2ccc(O)cc2)c2c(c3ccccc3oc2=O)O1. The molecule has 1 aromatic heterocycles. The van der Waals surface area contributed by atoms with E-state index in [4.69, 9.17) is 13.9 Å². The fourth-order valence-corrected chi connectivity index (χ4v) is 3.39. The molecule has 0 aliphatic carbocycles. The molecule has 0 fully saturated rings. The van der Waals surface area contributed by atoms with Crippen LogP contribution in [0.25, 0.3) is 11.0 Å². The minimum absolute atomic E-state index is 0.177. The number of fused-ring (bicyclic) bond motifs is 3. The molecule has 2 heterocycles. The van der Waals surface area contributed by atoms with Gasteiger partial charge < -0.3 is 19.0 Å². The second-order valence-electron chi connectivity index (χ2n) is 6.42. The third-order valence-corrected chi connectivity index (χ3v) is 4.77. The Hall–Kier alpha value is -2.79. The Kier molecular flexibility index (Phi) is 3.54. The smallest absolute Gasteiger partial charge is 0.343 e. The molecule has 0 bridgehead atoms. The van der Waals surface area contributed by atoms with Gasteiger partial charge in [-0.2, -0.15) is 0 Å². The molecule has 3 aromatic rings. The van der Waals surface area contributed by atoms with Gasteiger partial charge in [0.05, 0.1) is 10.9 Å². The quantitative estimate of drug-likeness (QED) is 0.720. The molecule has 128 valence electrons. The monoisotopic (exact) mass is 338 g/mol. The maximum absolute atomic E-state index is 12.7. The number of rotatable bonds is 2. The molecule has 1 unspecified atom stereocenters. The number of hydrogen-bond acceptors (Lipinski definition) is 5. The van der Waals surface area contributed by atoms with Crippen molar-refractivity contribution in [3.63, 3.8) is 0 Å². The van der Waals surface area contributed by atoms with E-state index in [1.165, 1.54) is 0 Å². The lowest BCUT2D eigenvalue weighted by molar-refractivity contribution is -0.163. The Bertz CT molecular complexity index is 989. The van der Waals surface area contributed by atoms with E-state index in [0.717, 1.165) is 10.9 Å². The van der Waals surface area contributed by atoms with Crippen molar-refractivity contribution >= 4 is 11.0 Å². The summed E-state index contributed by atoms with van der Waals surface area (Å²) in [4.78, 5) is 12.7. The van der Waals surface area contributed by atoms with Crippen LogP contribution in [-0.2, 0) is 4.74 Å². The van der Waals surface area contributed by atoms with Crippen molar-refractivity contribution in [3.8, 4) is 11.5 Å². The first kappa shape index (κ1) is 15.7. The largest absolute Gasteiger partial charge is 0.508 e. The molecule has 0 radical (unpaired) electrons. The van der Waals surface area contributed by atoms with Crippen molar-refractivity contribution in [2.24, 2.45) is 0 Å². The molecular formula is C20H18O5. The maximum atomic E-state index is 12.7. The van der Waals surface area contributed by atoms with Crippen LogP contribution in [0.4, 0.5) is 0 Å². The number of ether oxygens (including phenoxy) is 2. The van der Waals surface area contributed by atoms with Crippen molar-refractivity contribution in [3.05, 3.63) is 70.1 Å². The van der Waals surface area contributed by atoms with Gasteiger partial charge in [0.2, 0.25) is 5.79 Å². The first-order chi connectivity index (χ1) is 12.0. The van der Waals surface area contributed by atoms with Crippen molar-refractivity contribution in [2.45, 2.75) is 25.0 Å². The fraction of sp³-hybridized carbons (Fsp3) is 0.250. The summed E-state index contributed by atoms with van der Waals surface area (Å²) in [6.07, 6.45) is 0.463. The minimum atomic E-state index is -0.869. The standard InChI is InChI=1S/C20H18O5/c1-20(23-2)11-15(12-7-9-13(21)10-8-12)17-18(25-20)14-5-3-4-6-16(14)24-19(17)22/h3-10,15,21H,11H2,1-2H3/t15-,20?/m0/s1. The Balaban J connectivity index is 2.00. The van der Waals surface area contributed by atoms with E-state index in [1.807, 2.05) is 25.1 Å². The first-order valence-electron chi connectivity index (χ1n) is 8.09. The van der Waals surface area contributed by atoms with Gasteiger partial charge in [0.25, 0.3) is 0 Å². The fourth-order valence-electron chi connectivity index (χ4n) is 3.39. The highest BCUT2D eigenvalue weighted by molar-refractivity contribution is 5.85. The lowest BCUT2D eigenvalue weighted by Crippen LogP contribution is -2.41. The van der Waals surface area contributed by atoms with E-state index in [1.54, 1.807) is 37.4 Å². The molecule has 1 aliphatic heterocycles. The molecule has 0 spiro atoms. The predicted molar refractivity (Wildman–Crippen MR) is 93.1 cm³/mol. The molecule has 4 rings (SSSR count). The van der Waals surface area contributed by atoms with E-state index < -0.39 is 11.4 Å². The number of hydrogen-bond donors (Lipinski definition) is 1. The highest BCUT2D eigenvalue weighted by atomic mass is 16.7. The van der Waals surface area contributed by atoms with Crippen molar-refractivity contribution in [1.29, 1.82) is 0 Å². The van der Waals surface area contributed by atoms with Crippen LogP contribution in [0.3, 0.4) is 0 Å². The zero-order chi connectivity index (χ0) is 17.6. The van der Waals surface area contributed by atoms with Gasteiger partial charge in [-0.3, -0.25) is 0 Å². The second-order valence-corrected chi connectivity index (χ2v) is 6.42. The number of methoxy groups -OCH3 is 1. The summed E-state index contributed by atoms with van der Waals surface area (Å²) in [5.74, 6) is -0.446. The molecular weight excluding hydrogens is 320 g/mol. The summed E-state index contributed by atoms with van der Waals surface area (Å²) < 4.78 is 17.2. The van der Waals surface area contributed by atoms with E-state index in [0.29, 0.717) is 23.3 Å². The molecule has 1 aliphatic rings. The number of para-hydroxylation sites is 1. The number of benzene rings is 2. The molecule has 25 heavy (non-hydrogen) atoms. The number of phenolic OH excluding ortho intramolecular Hbond substituents is 1. The minimum Gasteiger partial charge on any atom is -0.508 e. The van der Waals surface area contributed by atoms with Crippen LogP contribution in [0.5, 0.6) is 11.5 Å². The Morgan fingerprint density at radius 1 is 1.16 bits per heavy atom. The van der Waals surface area contributed by atoms with Crippen LogP contribution in [-0.4, -0.2) is 18.0 Å². The van der Waals surface area contributed by atoms with Crippen molar-refractivity contribution in [1.82, 2.24) is 0 Å². The van der Waals surface area contributed by atoms with Gasteiger partial charge in [-0.05, 0) is 29.8 Å². The Morgan fingerprint density at radius 2 is 1.88 bits per heavy atom. The summed E-state index contributed by atoms with van der Waals surface area (Å²) in [7, 11) is 1.59. The van der Waals surface area contributed by atoms with Gasteiger partial charge in [-0.15, -0.1) is 0 Å². The molecule has 1 N–H and O–H groups in total. The summed E-state index contributed by atoms with van der Waals surface area (Å²) in [6, 6.07) is 14.1. The summed E-state index contributed by atoms with van der Waals surface area (Å²) >= 11 is 0. The highest BCUT2D eigenvalue weighted by Gasteiger charge is 2.41. The van der Waals surface area contributed by atoms with Gasteiger partial charge in [0.15, 0.2) is 0 Å². The normalized spacial score (nSPS) is 22.4. The van der Waals surface area contributed by atoms with Crippen LogP contribution in [0.15, 0.2) is 57.7 Å². The van der Waals surface area contributed by atoms with Gasteiger partial charge >= 0.3 is 5.63 Å². The zero-order valence-electron chi connectivity index (χ0n) is 14.0. The van der Waals surface area contributed by atoms with E-state index >= 15 is 0 Å². The van der Waals surface area contributed by atoms with E-state index in [9.17, 15) is 9.90 Å². The molecule has 0 saturated carbocycles. The topological polar surface area (TPSA) is 68.9 Å². The van der Waals surface area contributed by atoms with Crippen molar-refractivity contribution in [2.75, 3.05) is 7.11 Å². The van der Waals surface area contributed by atoms with Crippen LogP contribution < -0.4 is 10.4 Å². The second kappa shape index (κ2) is 5.63. The van der Waals surface area contributed by atoms with Crippen molar-refractivity contribution < 1.29 is 19.0 Å². The molecule has 5 nitrogen and oxygen atoms in total.